The van der Waals surface area contributed by atoms with E-state index >= 15 is 0 Å². The first-order valence-corrected chi connectivity index (χ1v) is 11.2. The number of anilines is 1. The van der Waals surface area contributed by atoms with Gasteiger partial charge in [-0.1, -0.05) is 12.5 Å². The zero-order valence-corrected chi connectivity index (χ0v) is 17.8. The van der Waals surface area contributed by atoms with Crippen molar-refractivity contribution in [3.05, 3.63) is 59.2 Å². The van der Waals surface area contributed by atoms with E-state index in [2.05, 4.69) is 5.32 Å². The molecule has 1 unspecified atom stereocenters. The summed E-state index contributed by atoms with van der Waals surface area (Å²) in [4.78, 5) is 24.3. The number of benzene rings is 2. The third kappa shape index (κ3) is 4.57. The topological polar surface area (TPSA) is 83.5 Å². The van der Waals surface area contributed by atoms with Crippen LogP contribution in [0.15, 0.2) is 47.4 Å². The third-order valence-corrected chi connectivity index (χ3v) is 7.36. The number of rotatable bonds is 5. The van der Waals surface area contributed by atoms with Crippen molar-refractivity contribution in [3.63, 3.8) is 0 Å². The number of ketones is 1. The van der Waals surface area contributed by atoms with Gasteiger partial charge in [0.2, 0.25) is 10.0 Å². The van der Waals surface area contributed by atoms with Gasteiger partial charge in [-0.25, -0.2) is 8.42 Å². The number of hydrogen-bond acceptors (Lipinski definition) is 4. The maximum atomic E-state index is 13.1. The zero-order valence-electron chi connectivity index (χ0n) is 16.9. The molecule has 1 aliphatic heterocycles. The van der Waals surface area contributed by atoms with Crippen LogP contribution in [0.5, 0.6) is 0 Å². The summed E-state index contributed by atoms with van der Waals surface area (Å²) < 4.78 is 27.7. The fourth-order valence-corrected chi connectivity index (χ4v) is 5.28. The van der Waals surface area contributed by atoms with Gasteiger partial charge in [-0.15, -0.1) is 0 Å². The normalized spacial score (nSPS) is 17.7. The maximum Gasteiger partial charge on any atom is 0.255 e. The molecule has 1 amide bonds. The second kappa shape index (κ2) is 8.47. The van der Waals surface area contributed by atoms with Crippen LogP contribution in [0.1, 0.15) is 59.4 Å². The lowest BCUT2D eigenvalue weighted by atomic mass is 10.1. The molecule has 0 saturated carbocycles. The first kappa shape index (κ1) is 21.2. The summed E-state index contributed by atoms with van der Waals surface area (Å²) in [6.07, 6.45) is 2.71. The van der Waals surface area contributed by atoms with Crippen LogP contribution in [0, 0.1) is 6.92 Å². The number of nitrogens with one attached hydrogen (secondary N) is 1. The average molecular weight is 415 g/mol. The van der Waals surface area contributed by atoms with Gasteiger partial charge in [0, 0.05) is 29.4 Å². The molecule has 1 N–H and O–H groups in total. The molecule has 0 spiro atoms. The van der Waals surface area contributed by atoms with Crippen LogP contribution in [0.25, 0.3) is 0 Å². The Hall–Kier alpha value is -2.51. The van der Waals surface area contributed by atoms with Crippen LogP contribution in [-0.2, 0) is 10.0 Å². The number of aryl methyl sites for hydroxylation is 1. The van der Waals surface area contributed by atoms with Crippen molar-refractivity contribution < 1.29 is 18.0 Å². The molecule has 0 radical (unpaired) electrons. The monoisotopic (exact) mass is 414 g/mol. The third-order valence-electron chi connectivity index (χ3n) is 5.35. The first-order chi connectivity index (χ1) is 13.7. The van der Waals surface area contributed by atoms with Crippen molar-refractivity contribution in [2.75, 3.05) is 11.9 Å². The summed E-state index contributed by atoms with van der Waals surface area (Å²) in [7, 11) is -3.66. The molecule has 154 valence electrons. The molecule has 0 bridgehead atoms. The Balaban J connectivity index is 1.86. The fraction of sp³-hybridized carbons (Fsp3) is 0.364. The minimum absolute atomic E-state index is 0.0490. The Kier molecular flexibility index (Phi) is 6.19. The molecular formula is C22H26N2O4S. The van der Waals surface area contributed by atoms with E-state index in [-0.39, 0.29) is 22.6 Å². The van der Waals surface area contributed by atoms with Gasteiger partial charge in [0.15, 0.2) is 5.78 Å². The van der Waals surface area contributed by atoms with Gasteiger partial charge in [-0.05, 0) is 75.6 Å². The Morgan fingerprint density at radius 1 is 1.07 bits per heavy atom. The Bertz CT molecular complexity index is 1030. The quantitative estimate of drug-likeness (QED) is 0.749. The standard InChI is InChI=1S/C22H26N2O4S/c1-15-7-12-20(29(27,28)24-13-5-4-6-16(24)2)14-21(15)22(26)23-19-10-8-18(9-11-19)17(3)25/h7-12,14,16H,4-6,13H2,1-3H3,(H,23,26). The number of hydrogen-bond donors (Lipinski definition) is 1. The van der Waals surface area contributed by atoms with Crippen LogP contribution in [0.3, 0.4) is 0 Å². The van der Waals surface area contributed by atoms with Gasteiger partial charge >= 0.3 is 0 Å². The molecule has 2 aromatic rings. The highest BCUT2D eigenvalue weighted by atomic mass is 32.2. The Morgan fingerprint density at radius 3 is 2.38 bits per heavy atom. The van der Waals surface area contributed by atoms with E-state index in [9.17, 15) is 18.0 Å². The number of Topliss-reactive ketones (excluding diaryl/α,β-unsaturated/α-hetero) is 1. The van der Waals surface area contributed by atoms with E-state index in [1.54, 1.807) is 43.3 Å². The molecule has 7 heteroatoms. The molecule has 3 rings (SSSR count). The number of sulfonamides is 1. The number of carbonyl (C=O) groups excluding carboxylic acids is 2. The van der Waals surface area contributed by atoms with Crippen LogP contribution in [0.2, 0.25) is 0 Å². The van der Waals surface area contributed by atoms with Crippen molar-refractivity contribution >= 4 is 27.4 Å². The van der Waals surface area contributed by atoms with Crippen LogP contribution < -0.4 is 5.32 Å². The predicted octanol–water partition coefficient (Wildman–Crippen LogP) is 4.01. The zero-order chi connectivity index (χ0) is 21.2. The number of carbonyl (C=O) groups is 2. The molecule has 6 nitrogen and oxygen atoms in total. The number of amides is 1. The summed E-state index contributed by atoms with van der Waals surface area (Å²) in [5.74, 6) is -0.439. The number of nitrogens with zero attached hydrogens (tertiary/aromatic N) is 1. The SMILES string of the molecule is CC(=O)c1ccc(NC(=O)c2cc(S(=O)(=O)N3CCCCC3C)ccc2C)cc1. The highest BCUT2D eigenvalue weighted by Crippen LogP contribution is 2.26. The summed E-state index contributed by atoms with van der Waals surface area (Å²) >= 11 is 0. The summed E-state index contributed by atoms with van der Waals surface area (Å²) in [6, 6.07) is 11.2. The van der Waals surface area contributed by atoms with Crippen LogP contribution in [-0.4, -0.2) is 37.0 Å². The van der Waals surface area contributed by atoms with Gasteiger partial charge in [0.05, 0.1) is 4.90 Å². The smallest absolute Gasteiger partial charge is 0.255 e. The van der Waals surface area contributed by atoms with Crippen molar-refractivity contribution in [1.29, 1.82) is 0 Å². The van der Waals surface area contributed by atoms with E-state index in [0.717, 1.165) is 19.3 Å². The van der Waals surface area contributed by atoms with E-state index < -0.39 is 10.0 Å². The van der Waals surface area contributed by atoms with Crippen molar-refractivity contribution in [3.8, 4) is 0 Å². The highest BCUT2D eigenvalue weighted by molar-refractivity contribution is 7.89. The lowest BCUT2D eigenvalue weighted by Gasteiger charge is -2.32. The molecule has 1 heterocycles. The number of piperidine rings is 1. The van der Waals surface area contributed by atoms with Gasteiger partial charge < -0.3 is 5.32 Å². The first-order valence-electron chi connectivity index (χ1n) is 9.75. The molecule has 2 aromatic carbocycles. The van der Waals surface area contributed by atoms with E-state index in [4.69, 9.17) is 0 Å². The lowest BCUT2D eigenvalue weighted by molar-refractivity contribution is 0.101. The largest absolute Gasteiger partial charge is 0.322 e. The molecule has 0 aliphatic carbocycles. The van der Waals surface area contributed by atoms with Crippen molar-refractivity contribution in [2.45, 2.75) is 51.0 Å². The molecule has 0 aromatic heterocycles. The summed E-state index contributed by atoms with van der Waals surface area (Å²) in [5, 5.41) is 2.77. The predicted molar refractivity (Wildman–Crippen MR) is 113 cm³/mol. The van der Waals surface area contributed by atoms with Gasteiger partial charge in [0.25, 0.3) is 5.91 Å². The average Bonchev–Trinajstić information content (AvgIpc) is 2.68. The molecule has 1 aliphatic rings. The molecule has 29 heavy (non-hydrogen) atoms. The second-order valence-electron chi connectivity index (χ2n) is 7.52. The summed E-state index contributed by atoms with van der Waals surface area (Å²) in [5.41, 5.74) is 2.10. The van der Waals surface area contributed by atoms with Gasteiger partial charge in [0.1, 0.15) is 0 Å². The van der Waals surface area contributed by atoms with E-state index in [1.807, 2.05) is 6.92 Å². The molecule has 1 saturated heterocycles. The molecular weight excluding hydrogens is 388 g/mol. The van der Waals surface area contributed by atoms with Crippen LogP contribution in [0.4, 0.5) is 5.69 Å². The van der Waals surface area contributed by atoms with Crippen molar-refractivity contribution in [1.82, 2.24) is 4.31 Å². The van der Waals surface area contributed by atoms with E-state index in [1.165, 1.54) is 17.3 Å². The van der Waals surface area contributed by atoms with Crippen LogP contribution >= 0.6 is 0 Å². The van der Waals surface area contributed by atoms with Crippen molar-refractivity contribution in [2.24, 2.45) is 0 Å². The Morgan fingerprint density at radius 2 is 1.76 bits per heavy atom. The summed E-state index contributed by atoms with van der Waals surface area (Å²) in [6.45, 7) is 5.67. The van der Waals surface area contributed by atoms with E-state index in [0.29, 0.717) is 28.9 Å². The van der Waals surface area contributed by atoms with Gasteiger partial charge in [-0.2, -0.15) is 4.31 Å². The minimum atomic E-state index is -3.66. The lowest BCUT2D eigenvalue weighted by Crippen LogP contribution is -2.42. The molecule has 1 fully saturated rings. The molecule has 1 atom stereocenters. The van der Waals surface area contributed by atoms with Gasteiger partial charge in [-0.3, -0.25) is 9.59 Å². The minimum Gasteiger partial charge on any atom is -0.322 e. The second-order valence-corrected chi connectivity index (χ2v) is 9.42. The highest BCUT2D eigenvalue weighted by Gasteiger charge is 2.31. The fourth-order valence-electron chi connectivity index (χ4n) is 3.56. The Labute approximate surface area is 172 Å². The maximum absolute atomic E-state index is 13.1.